The van der Waals surface area contributed by atoms with Crippen LogP contribution >= 0.6 is 0 Å². The van der Waals surface area contributed by atoms with E-state index in [1.807, 2.05) is 9.80 Å². The maximum absolute atomic E-state index is 12.4. The molecule has 4 amide bonds. The maximum Gasteiger partial charge on any atom is 0.321 e. The fourth-order valence-electron chi connectivity index (χ4n) is 5.73. The summed E-state index contributed by atoms with van der Waals surface area (Å²) in [5.74, 6) is 1.90. The van der Waals surface area contributed by atoms with E-state index < -0.39 is 6.03 Å². The van der Waals surface area contributed by atoms with Crippen LogP contribution in [0.25, 0.3) is 0 Å². The lowest BCUT2D eigenvalue weighted by atomic mass is 9.84. The summed E-state index contributed by atoms with van der Waals surface area (Å²) in [6, 6.07) is -0.289. The maximum atomic E-state index is 12.4. The number of nitrogens with zero attached hydrogens (tertiary/aromatic N) is 2. The van der Waals surface area contributed by atoms with Gasteiger partial charge >= 0.3 is 6.03 Å². The zero-order valence-electron chi connectivity index (χ0n) is 17.4. The molecule has 2 heterocycles. The van der Waals surface area contributed by atoms with Crippen LogP contribution in [0, 0.1) is 17.8 Å². The summed E-state index contributed by atoms with van der Waals surface area (Å²) in [5.41, 5.74) is 0. The van der Waals surface area contributed by atoms with Crippen molar-refractivity contribution >= 4 is 17.8 Å². The second-order valence-electron chi connectivity index (χ2n) is 9.25. The first-order valence-corrected chi connectivity index (χ1v) is 11.2. The van der Waals surface area contributed by atoms with Gasteiger partial charge in [-0.3, -0.25) is 19.8 Å². The van der Waals surface area contributed by atoms with E-state index in [1.165, 1.54) is 25.7 Å². The SMILES string of the molecule is C[C@H](NC(=O)NC(=O)CN1CCN(C(=O)[C@H]2CCCO2)CC1)[C@H]1C[C@H]2CC[C@H]1C2. The molecule has 2 saturated carbocycles. The molecule has 2 aliphatic heterocycles. The number of nitrogens with one attached hydrogen (secondary N) is 2. The lowest BCUT2D eigenvalue weighted by molar-refractivity contribution is -0.142. The van der Waals surface area contributed by atoms with E-state index >= 15 is 0 Å². The monoisotopic (exact) mass is 406 g/mol. The molecule has 8 heteroatoms. The van der Waals surface area contributed by atoms with Gasteiger partial charge in [-0.05, 0) is 56.8 Å². The molecule has 2 saturated heterocycles. The predicted octanol–water partition coefficient (Wildman–Crippen LogP) is 0.960. The van der Waals surface area contributed by atoms with Crippen molar-refractivity contribution in [3.63, 3.8) is 0 Å². The van der Waals surface area contributed by atoms with Crippen LogP contribution < -0.4 is 10.6 Å². The van der Waals surface area contributed by atoms with Crippen molar-refractivity contribution in [1.29, 1.82) is 0 Å². The molecule has 8 nitrogen and oxygen atoms in total. The van der Waals surface area contributed by atoms with Gasteiger partial charge in [-0.1, -0.05) is 6.42 Å². The summed E-state index contributed by atoms with van der Waals surface area (Å²) in [4.78, 5) is 40.7. The summed E-state index contributed by atoms with van der Waals surface area (Å²) < 4.78 is 5.47. The number of piperazine rings is 1. The van der Waals surface area contributed by atoms with Crippen LogP contribution in [0.1, 0.15) is 45.4 Å². The molecule has 2 bridgehead atoms. The molecule has 5 atom stereocenters. The summed E-state index contributed by atoms with van der Waals surface area (Å²) in [6.07, 6.45) is 6.59. The van der Waals surface area contributed by atoms with Crippen LogP contribution in [-0.2, 0) is 14.3 Å². The van der Waals surface area contributed by atoms with Crippen molar-refractivity contribution in [3.05, 3.63) is 0 Å². The molecule has 2 aliphatic carbocycles. The molecular weight excluding hydrogens is 372 g/mol. The third-order valence-electron chi connectivity index (χ3n) is 7.30. The number of hydrogen-bond donors (Lipinski definition) is 2. The number of rotatable bonds is 5. The highest BCUT2D eigenvalue weighted by atomic mass is 16.5. The molecule has 0 spiro atoms. The van der Waals surface area contributed by atoms with E-state index in [9.17, 15) is 14.4 Å². The van der Waals surface area contributed by atoms with Gasteiger partial charge in [-0.25, -0.2) is 4.79 Å². The van der Waals surface area contributed by atoms with Crippen LogP contribution in [0.15, 0.2) is 0 Å². The molecule has 162 valence electrons. The normalized spacial score (nSPS) is 32.9. The van der Waals surface area contributed by atoms with Gasteiger partial charge in [-0.15, -0.1) is 0 Å². The lowest BCUT2D eigenvalue weighted by Gasteiger charge is -2.35. The third kappa shape index (κ3) is 4.91. The average molecular weight is 407 g/mol. The van der Waals surface area contributed by atoms with Crippen LogP contribution in [0.5, 0.6) is 0 Å². The van der Waals surface area contributed by atoms with E-state index in [0.717, 1.165) is 24.7 Å². The van der Waals surface area contributed by atoms with Gasteiger partial charge in [0, 0.05) is 38.8 Å². The number of ether oxygens (including phenoxy) is 1. The van der Waals surface area contributed by atoms with Crippen LogP contribution in [-0.4, -0.2) is 79.1 Å². The Morgan fingerprint density at radius 2 is 1.86 bits per heavy atom. The quantitative estimate of drug-likeness (QED) is 0.710. The summed E-state index contributed by atoms with van der Waals surface area (Å²) in [7, 11) is 0. The number of carbonyl (C=O) groups is 3. The number of imide groups is 1. The first kappa shape index (κ1) is 20.6. The first-order chi connectivity index (χ1) is 14.0. The molecule has 0 radical (unpaired) electrons. The molecule has 4 rings (SSSR count). The molecule has 0 aromatic carbocycles. The van der Waals surface area contributed by atoms with Crippen molar-refractivity contribution < 1.29 is 19.1 Å². The minimum absolute atomic E-state index is 0.0700. The van der Waals surface area contributed by atoms with Gasteiger partial charge in [0.2, 0.25) is 5.91 Å². The number of carbonyl (C=O) groups excluding carboxylic acids is 3. The summed E-state index contributed by atoms with van der Waals surface area (Å²) in [6.45, 7) is 5.36. The van der Waals surface area contributed by atoms with Gasteiger partial charge in [0.25, 0.3) is 5.91 Å². The minimum Gasteiger partial charge on any atom is -0.368 e. The Morgan fingerprint density at radius 3 is 2.48 bits per heavy atom. The molecular formula is C21H34N4O4. The van der Waals surface area contributed by atoms with Crippen molar-refractivity contribution in [1.82, 2.24) is 20.4 Å². The molecule has 4 aliphatic rings. The fourth-order valence-corrected chi connectivity index (χ4v) is 5.73. The summed E-state index contributed by atoms with van der Waals surface area (Å²) >= 11 is 0. The number of amides is 4. The molecule has 4 fully saturated rings. The summed E-state index contributed by atoms with van der Waals surface area (Å²) in [5, 5.41) is 5.45. The molecule has 0 aromatic heterocycles. The standard InChI is InChI=1S/C21H34N4O4/c1-14(17-12-15-4-5-16(17)11-15)22-21(28)23-19(26)13-24-6-8-25(9-7-24)20(27)18-3-2-10-29-18/h14-18H,2-13H2,1H3,(H2,22,23,26,28)/t14-,15-,16-,17+,18+/m0/s1. The van der Waals surface area contributed by atoms with Gasteiger partial charge in [0.15, 0.2) is 0 Å². The Bertz CT molecular complexity index is 628. The highest BCUT2D eigenvalue weighted by Crippen LogP contribution is 2.49. The smallest absolute Gasteiger partial charge is 0.321 e. The number of hydrogen-bond acceptors (Lipinski definition) is 5. The number of urea groups is 1. The van der Waals surface area contributed by atoms with Gasteiger partial charge in [0.1, 0.15) is 6.10 Å². The van der Waals surface area contributed by atoms with Crippen molar-refractivity contribution in [2.24, 2.45) is 17.8 Å². The third-order valence-corrected chi connectivity index (χ3v) is 7.30. The molecule has 29 heavy (non-hydrogen) atoms. The van der Waals surface area contributed by atoms with Gasteiger partial charge < -0.3 is 15.0 Å². The van der Waals surface area contributed by atoms with Crippen LogP contribution in [0.4, 0.5) is 4.79 Å². The lowest BCUT2D eigenvalue weighted by Crippen LogP contribution is -2.54. The van der Waals surface area contributed by atoms with Gasteiger partial charge in [0.05, 0.1) is 6.54 Å². The largest absolute Gasteiger partial charge is 0.368 e. The molecule has 0 aromatic rings. The molecule has 0 unspecified atom stereocenters. The van der Waals surface area contributed by atoms with Crippen LogP contribution in [0.2, 0.25) is 0 Å². The second kappa shape index (κ2) is 9.00. The van der Waals surface area contributed by atoms with Crippen molar-refractivity contribution in [3.8, 4) is 0 Å². The zero-order valence-corrected chi connectivity index (χ0v) is 17.4. The number of fused-ring (bicyclic) bond motifs is 2. The van der Waals surface area contributed by atoms with E-state index in [0.29, 0.717) is 38.7 Å². The van der Waals surface area contributed by atoms with E-state index in [-0.39, 0.29) is 30.5 Å². The Labute approximate surface area is 172 Å². The van der Waals surface area contributed by atoms with Crippen LogP contribution in [0.3, 0.4) is 0 Å². The predicted molar refractivity (Wildman–Crippen MR) is 107 cm³/mol. The van der Waals surface area contributed by atoms with Crippen molar-refractivity contribution in [2.45, 2.75) is 57.6 Å². The zero-order chi connectivity index (χ0) is 20.4. The Hall–Kier alpha value is -1.67. The fraction of sp³-hybridized carbons (Fsp3) is 0.857. The van der Waals surface area contributed by atoms with Crippen molar-refractivity contribution in [2.75, 3.05) is 39.3 Å². The Morgan fingerprint density at radius 1 is 1.07 bits per heavy atom. The highest BCUT2D eigenvalue weighted by Gasteiger charge is 2.42. The average Bonchev–Trinajstić information content (AvgIpc) is 3.45. The highest BCUT2D eigenvalue weighted by molar-refractivity contribution is 5.95. The topological polar surface area (TPSA) is 91.0 Å². The Balaban J connectivity index is 1.14. The van der Waals surface area contributed by atoms with E-state index in [1.54, 1.807) is 0 Å². The minimum atomic E-state index is -0.391. The van der Waals surface area contributed by atoms with Gasteiger partial charge in [-0.2, -0.15) is 0 Å². The second-order valence-corrected chi connectivity index (χ2v) is 9.25. The van der Waals surface area contributed by atoms with E-state index in [2.05, 4.69) is 17.6 Å². The first-order valence-electron chi connectivity index (χ1n) is 11.2. The Kier molecular flexibility index (Phi) is 6.39. The molecule has 2 N–H and O–H groups in total. The van der Waals surface area contributed by atoms with E-state index in [4.69, 9.17) is 4.74 Å².